The highest BCUT2D eigenvalue weighted by Crippen LogP contribution is 2.27. The summed E-state index contributed by atoms with van der Waals surface area (Å²) in [6.07, 6.45) is 1.73. The third-order valence-corrected chi connectivity index (χ3v) is 5.74. The van der Waals surface area contributed by atoms with Crippen molar-refractivity contribution in [1.82, 2.24) is 24.6 Å². The molecule has 164 valence electrons. The number of anilines is 2. The van der Waals surface area contributed by atoms with Crippen molar-refractivity contribution in [1.29, 1.82) is 0 Å². The van der Waals surface area contributed by atoms with Gasteiger partial charge in [-0.05, 0) is 58.9 Å². The Labute approximate surface area is 184 Å². The number of pyridine rings is 2. The van der Waals surface area contributed by atoms with Gasteiger partial charge in [-0.3, -0.25) is 14.6 Å². The normalized spacial score (nSPS) is 17.3. The Morgan fingerprint density at radius 1 is 1.19 bits per heavy atom. The van der Waals surface area contributed by atoms with E-state index in [2.05, 4.69) is 53.6 Å². The van der Waals surface area contributed by atoms with Crippen LogP contribution in [0.2, 0.25) is 0 Å². The van der Waals surface area contributed by atoms with Crippen LogP contribution in [-0.4, -0.2) is 44.3 Å². The quantitative estimate of drug-likeness (QED) is 0.633. The molecule has 1 saturated heterocycles. The Bertz CT molecular complexity index is 1030. The van der Waals surface area contributed by atoms with E-state index in [1.165, 1.54) is 11.3 Å². The van der Waals surface area contributed by atoms with Gasteiger partial charge in [0, 0.05) is 54.5 Å². The van der Waals surface area contributed by atoms with Gasteiger partial charge in [0.2, 0.25) is 0 Å². The summed E-state index contributed by atoms with van der Waals surface area (Å²) >= 11 is 0. The highest BCUT2D eigenvalue weighted by Gasteiger charge is 2.25. The summed E-state index contributed by atoms with van der Waals surface area (Å²) in [5.41, 5.74) is 6.59. The Balaban J connectivity index is 1.50. The number of rotatable bonds is 6. The van der Waals surface area contributed by atoms with Crippen LogP contribution in [0.1, 0.15) is 54.3 Å². The smallest absolute Gasteiger partial charge is 0.130 e. The predicted octanol–water partition coefficient (Wildman–Crippen LogP) is 4.50. The molecule has 0 amide bonds. The lowest BCUT2D eigenvalue weighted by molar-refractivity contribution is -0.0351. The molecule has 0 saturated carbocycles. The number of hydrogen-bond donors (Lipinski definition) is 1. The van der Waals surface area contributed by atoms with Gasteiger partial charge in [0.05, 0.1) is 18.0 Å². The predicted molar refractivity (Wildman–Crippen MR) is 123 cm³/mol. The van der Waals surface area contributed by atoms with Crippen molar-refractivity contribution in [2.45, 2.75) is 53.3 Å². The van der Waals surface area contributed by atoms with Crippen molar-refractivity contribution in [3.05, 3.63) is 64.9 Å². The van der Waals surface area contributed by atoms with Gasteiger partial charge in [-0.1, -0.05) is 6.07 Å². The lowest BCUT2D eigenvalue weighted by Crippen LogP contribution is -2.38. The van der Waals surface area contributed by atoms with Crippen LogP contribution in [0.5, 0.6) is 0 Å². The molecule has 0 bridgehead atoms. The second-order valence-corrected chi connectivity index (χ2v) is 8.54. The lowest BCUT2D eigenvalue weighted by atomic mass is 10.1. The van der Waals surface area contributed by atoms with E-state index in [-0.39, 0.29) is 6.10 Å². The molecule has 0 aliphatic carbocycles. The molecule has 0 aromatic carbocycles. The van der Waals surface area contributed by atoms with E-state index < -0.39 is 0 Å². The Morgan fingerprint density at radius 2 is 2.03 bits per heavy atom. The second kappa shape index (κ2) is 9.16. The topological polar surface area (TPSA) is 68.1 Å². The second-order valence-electron chi connectivity index (χ2n) is 8.54. The molecule has 1 unspecified atom stereocenters. The zero-order valence-electron chi connectivity index (χ0n) is 19.1. The van der Waals surface area contributed by atoms with Gasteiger partial charge in [-0.15, -0.1) is 0 Å². The molecule has 7 nitrogen and oxygen atoms in total. The van der Waals surface area contributed by atoms with E-state index in [9.17, 15) is 0 Å². The molecular weight excluding hydrogens is 388 g/mol. The van der Waals surface area contributed by atoms with Crippen LogP contribution in [0.3, 0.4) is 0 Å². The molecular formula is C24H32N6O. The molecule has 7 heteroatoms. The summed E-state index contributed by atoms with van der Waals surface area (Å²) in [5, 5.41) is 8.12. The fraction of sp³-hybridized carbons (Fsp3) is 0.458. The standard InChI is InChI=1S/C24H32N6O/c1-16(2)30-19(5)21(18(4)28-30)14-29-10-11-31-23(15-29)22-13-20(12-17(3)26-22)27-24-8-6-7-9-25-24/h6-9,12-13,16,23H,10-11,14-15H2,1-5H3,(H,25,26,27). The molecule has 0 spiro atoms. The first-order valence-electron chi connectivity index (χ1n) is 11.0. The van der Waals surface area contributed by atoms with E-state index in [1.54, 1.807) is 6.20 Å². The molecule has 3 aromatic heterocycles. The minimum absolute atomic E-state index is 0.0568. The summed E-state index contributed by atoms with van der Waals surface area (Å²) in [4.78, 5) is 11.6. The number of ether oxygens (including phenoxy) is 1. The number of aryl methyl sites for hydroxylation is 2. The average Bonchev–Trinajstić information content (AvgIpc) is 3.03. The van der Waals surface area contributed by atoms with E-state index in [4.69, 9.17) is 14.8 Å². The zero-order valence-corrected chi connectivity index (χ0v) is 19.1. The van der Waals surface area contributed by atoms with E-state index in [1.807, 2.05) is 31.2 Å². The highest BCUT2D eigenvalue weighted by molar-refractivity contribution is 5.56. The number of aromatic nitrogens is 4. The summed E-state index contributed by atoms with van der Waals surface area (Å²) in [6.45, 7) is 13.9. The Morgan fingerprint density at radius 3 is 2.74 bits per heavy atom. The maximum atomic E-state index is 6.13. The van der Waals surface area contributed by atoms with Crippen molar-refractivity contribution in [3.63, 3.8) is 0 Å². The van der Waals surface area contributed by atoms with E-state index >= 15 is 0 Å². The summed E-state index contributed by atoms with van der Waals surface area (Å²) in [6, 6.07) is 10.3. The molecule has 4 rings (SSSR count). The monoisotopic (exact) mass is 420 g/mol. The van der Waals surface area contributed by atoms with Crippen LogP contribution in [0.25, 0.3) is 0 Å². The first kappa shape index (κ1) is 21.5. The van der Waals surface area contributed by atoms with Crippen LogP contribution in [0, 0.1) is 20.8 Å². The van der Waals surface area contributed by atoms with E-state index in [0.717, 1.165) is 48.2 Å². The highest BCUT2D eigenvalue weighted by atomic mass is 16.5. The van der Waals surface area contributed by atoms with Crippen LogP contribution < -0.4 is 5.32 Å². The number of nitrogens with one attached hydrogen (secondary N) is 1. The third-order valence-electron chi connectivity index (χ3n) is 5.74. The number of nitrogens with zero attached hydrogens (tertiary/aromatic N) is 5. The van der Waals surface area contributed by atoms with Gasteiger partial charge in [0.25, 0.3) is 0 Å². The molecule has 3 aromatic rings. The summed E-state index contributed by atoms with van der Waals surface area (Å²) in [7, 11) is 0. The van der Waals surface area contributed by atoms with Gasteiger partial charge in [0.1, 0.15) is 11.9 Å². The van der Waals surface area contributed by atoms with Crippen molar-refractivity contribution in [2.24, 2.45) is 0 Å². The number of hydrogen-bond acceptors (Lipinski definition) is 6. The third kappa shape index (κ3) is 4.94. The molecule has 1 N–H and O–H groups in total. The lowest BCUT2D eigenvalue weighted by Gasteiger charge is -2.33. The van der Waals surface area contributed by atoms with Crippen LogP contribution in [-0.2, 0) is 11.3 Å². The molecule has 4 heterocycles. The van der Waals surface area contributed by atoms with E-state index in [0.29, 0.717) is 12.6 Å². The molecule has 31 heavy (non-hydrogen) atoms. The molecule has 1 aliphatic heterocycles. The van der Waals surface area contributed by atoms with Gasteiger partial charge in [-0.25, -0.2) is 4.98 Å². The van der Waals surface area contributed by atoms with Crippen molar-refractivity contribution >= 4 is 11.5 Å². The molecule has 1 aliphatic rings. The summed E-state index contributed by atoms with van der Waals surface area (Å²) < 4.78 is 8.25. The first-order valence-corrected chi connectivity index (χ1v) is 11.0. The average molecular weight is 421 g/mol. The van der Waals surface area contributed by atoms with Crippen LogP contribution in [0.4, 0.5) is 11.5 Å². The van der Waals surface area contributed by atoms with Gasteiger partial charge in [-0.2, -0.15) is 5.10 Å². The maximum Gasteiger partial charge on any atom is 0.130 e. The van der Waals surface area contributed by atoms with Crippen molar-refractivity contribution in [2.75, 3.05) is 25.0 Å². The fourth-order valence-electron chi connectivity index (χ4n) is 4.19. The first-order chi connectivity index (χ1) is 14.9. The largest absolute Gasteiger partial charge is 0.369 e. The minimum atomic E-state index is -0.0568. The molecule has 1 fully saturated rings. The molecule has 0 radical (unpaired) electrons. The zero-order chi connectivity index (χ0) is 22.0. The Hall–Kier alpha value is -2.77. The minimum Gasteiger partial charge on any atom is -0.369 e. The fourth-order valence-corrected chi connectivity index (χ4v) is 4.19. The Kier molecular flexibility index (Phi) is 6.34. The van der Waals surface area contributed by atoms with Crippen molar-refractivity contribution < 1.29 is 4.74 Å². The van der Waals surface area contributed by atoms with Crippen molar-refractivity contribution in [3.8, 4) is 0 Å². The van der Waals surface area contributed by atoms with Crippen LogP contribution in [0.15, 0.2) is 36.5 Å². The van der Waals surface area contributed by atoms with Gasteiger partial charge < -0.3 is 10.1 Å². The maximum absolute atomic E-state index is 6.13. The SMILES string of the molecule is Cc1cc(Nc2ccccn2)cc(C2CN(Cc3c(C)nn(C(C)C)c3C)CCO2)n1. The number of morpholine rings is 1. The molecule has 1 atom stereocenters. The summed E-state index contributed by atoms with van der Waals surface area (Å²) in [5.74, 6) is 0.818. The van der Waals surface area contributed by atoms with Crippen LogP contribution >= 0.6 is 0 Å². The van der Waals surface area contributed by atoms with Gasteiger partial charge in [0.15, 0.2) is 0 Å². The van der Waals surface area contributed by atoms with Gasteiger partial charge >= 0.3 is 0 Å².